The van der Waals surface area contributed by atoms with Gasteiger partial charge in [-0.05, 0) is 0 Å². The van der Waals surface area contributed by atoms with Crippen LogP contribution in [0.3, 0.4) is 0 Å². The number of benzene rings is 1. The molecule has 0 bridgehead atoms. The van der Waals surface area contributed by atoms with Gasteiger partial charge < -0.3 is 0 Å². The number of hydrogen-bond acceptors (Lipinski definition) is 0. The molecule has 2 heteroatoms. The molecule has 0 amide bonds. The first kappa shape index (κ1) is 10.2. The van der Waals surface area contributed by atoms with Gasteiger partial charge in [0, 0.05) is 0 Å². The quantitative estimate of drug-likeness (QED) is 0.487. The van der Waals surface area contributed by atoms with Crippen molar-refractivity contribution in [2.75, 3.05) is 4.93 Å². The Morgan fingerprint density at radius 1 is 1.38 bits per heavy atom. The summed E-state index contributed by atoms with van der Waals surface area (Å²) in [6.07, 6.45) is 2.69. The second-order valence-electron chi connectivity index (χ2n) is 3.76. The van der Waals surface area contributed by atoms with Crippen LogP contribution in [0.25, 0.3) is 0 Å². The van der Waals surface area contributed by atoms with Crippen molar-refractivity contribution in [3.8, 4) is 0 Å². The molecule has 72 valence electrons. The molecule has 1 aromatic rings. The van der Waals surface area contributed by atoms with E-state index in [0.29, 0.717) is 3.42 Å². The molecule has 0 radical (unpaired) electrons. The van der Waals surface area contributed by atoms with Crippen molar-refractivity contribution >= 4 is 34.5 Å². The van der Waals surface area contributed by atoms with E-state index >= 15 is 0 Å². The van der Waals surface area contributed by atoms with E-state index in [9.17, 15) is 0 Å². The third kappa shape index (κ3) is 1.64. The van der Waals surface area contributed by atoms with Crippen molar-refractivity contribution in [1.29, 1.82) is 0 Å². The van der Waals surface area contributed by atoms with E-state index in [1.54, 1.807) is 11.1 Å². The van der Waals surface area contributed by atoms with Crippen LogP contribution in [0.2, 0.25) is 0 Å². The Labute approximate surface area is 97.1 Å². The fourth-order valence-electron chi connectivity index (χ4n) is 2.02. The van der Waals surface area contributed by atoms with Crippen molar-refractivity contribution in [2.45, 2.75) is 23.2 Å². The molecule has 0 saturated heterocycles. The topological polar surface area (TPSA) is 0 Å². The average Bonchev–Trinajstić information content (AvgIpc) is 2.47. The van der Waals surface area contributed by atoms with E-state index in [-0.39, 0.29) is 0 Å². The minimum atomic E-state index is -0.774. The first-order valence-electron chi connectivity index (χ1n) is 4.49. The second-order valence-corrected chi connectivity index (χ2v) is 16.6. The third-order valence-corrected chi connectivity index (χ3v) is 13.5. The molecule has 0 N–H and O–H groups in total. The van der Waals surface area contributed by atoms with Gasteiger partial charge in [0.15, 0.2) is 0 Å². The molecule has 13 heavy (non-hydrogen) atoms. The molecule has 0 aliphatic heterocycles. The number of halogens is 2. The molecule has 0 fully saturated rings. The summed E-state index contributed by atoms with van der Waals surface area (Å²) in [4.78, 5) is 2.48. The number of hydrogen-bond donors (Lipinski definition) is 0. The van der Waals surface area contributed by atoms with Gasteiger partial charge in [0.2, 0.25) is 0 Å². The van der Waals surface area contributed by atoms with Gasteiger partial charge in [-0.2, -0.15) is 0 Å². The zero-order valence-corrected chi connectivity index (χ0v) is 12.3. The molecule has 1 aliphatic rings. The second kappa shape index (κ2) is 3.68. The standard InChI is InChI=1S/C11H14I2/c1-11(13(2)12)8-7-9-5-3-4-6-10(9)11/h3-6H,7-8H2,1-2H3. The molecule has 1 aliphatic carbocycles. The third-order valence-electron chi connectivity index (χ3n) is 3.02. The maximum atomic E-state index is 2.71. The van der Waals surface area contributed by atoms with E-state index in [1.807, 2.05) is 0 Å². The van der Waals surface area contributed by atoms with E-state index in [4.69, 9.17) is 0 Å². The summed E-state index contributed by atoms with van der Waals surface area (Å²) in [6, 6.07) is 9.01. The van der Waals surface area contributed by atoms with Crippen molar-refractivity contribution in [3.63, 3.8) is 0 Å². The molecular weight excluding hydrogens is 386 g/mol. The van der Waals surface area contributed by atoms with Crippen LogP contribution in [-0.4, -0.2) is 4.93 Å². The Balaban J connectivity index is 2.49. The predicted octanol–water partition coefficient (Wildman–Crippen LogP) is 4.33. The molecule has 2 rings (SSSR count). The Hall–Kier alpha value is 0.680. The van der Waals surface area contributed by atoms with Crippen molar-refractivity contribution in [1.82, 2.24) is 0 Å². The monoisotopic (exact) mass is 400 g/mol. The van der Waals surface area contributed by atoms with Crippen LogP contribution in [0.4, 0.5) is 0 Å². The number of rotatable bonds is 1. The minimum absolute atomic E-state index is 0.571. The Bertz CT molecular complexity index is 320. The van der Waals surface area contributed by atoms with Crippen molar-refractivity contribution in [2.24, 2.45) is 0 Å². The van der Waals surface area contributed by atoms with Gasteiger partial charge in [-0.25, -0.2) is 0 Å². The number of fused-ring (bicyclic) bond motifs is 1. The van der Waals surface area contributed by atoms with E-state index in [2.05, 4.69) is 54.7 Å². The summed E-state index contributed by atoms with van der Waals surface area (Å²) >= 11 is 1.94. The average molecular weight is 400 g/mol. The van der Waals surface area contributed by atoms with Gasteiger partial charge in [-0.15, -0.1) is 0 Å². The van der Waals surface area contributed by atoms with Crippen molar-refractivity contribution in [3.05, 3.63) is 35.4 Å². The zero-order valence-electron chi connectivity index (χ0n) is 7.98. The fraction of sp³-hybridized carbons (Fsp3) is 0.455. The molecule has 1 aromatic carbocycles. The molecule has 1 unspecified atom stereocenters. The van der Waals surface area contributed by atoms with Gasteiger partial charge in [0.25, 0.3) is 0 Å². The SMILES string of the molecule is CI(I)C1(C)CCc2ccccc21. The molecule has 0 nitrogen and oxygen atoms in total. The molecule has 1 atom stereocenters. The van der Waals surface area contributed by atoms with Gasteiger partial charge in [0.1, 0.15) is 0 Å². The van der Waals surface area contributed by atoms with E-state index in [0.717, 1.165) is 0 Å². The van der Waals surface area contributed by atoms with E-state index < -0.39 is 15.8 Å². The Morgan fingerprint density at radius 2 is 2.08 bits per heavy atom. The summed E-state index contributed by atoms with van der Waals surface area (Å²) in [7, 11) is 0. The van der Waals surface area contributed by atoms with Crippen LogP contribution >= 0.6 is 34.5 Å². The van der Waals surface area contributed by atoms with Crippen LogP contribution in [-0.2, 0) is 9.84 Å². The maximum absolute atomic E-state index is 2.71. The summed E-state index contributed by atoms with van der Waals surface area (Å²) in [5.41, 5.74) is 3.25. The zero-order chi connectivity index (χ0) is 9.47. The molecule has 0 heterocycles. The molecule has 0 aromatic heterocycles. The van der Waals surface area contributed by atoms with Crippen LogP contribution in [0.1, 0.15) is 24.5 Å². The first-order chi connectivity index (χ1) is 6.14. The summed E-state index contributed by atoms with van der Waals surface area (Å²) in [5, 5.41) is 0. The summed E-state index contributed by atoms with van der Waals surface area (Å²) in [5.74, 6) is 0. The molecule has 0 saturated carbocycles. The fourth-order valence-corrected chi connectivity index (χ4v) is 7.20. The van der Waals surface area contributed by atoms with Crippen LogP contribution in [0, 0.1) is 0 Å². The van der Waals surface area contributed by atoms with E-state index in [1.165, 1.54) is 12.8 Å². The van der Waals surface area contributed by atoms with Gasteiger partial charge >= 0.3 is 98.0 Å². The number of aryl methyl sites for hydroxylation is 1. The van der Waals surface area contributed by atoms with Crippen molar-refractivity contribution < 1.29 is 0 Å². The van der Waals surface area contributed by atoms with Gasteiger partial charge in [-0.1, -0.05) is 0 Å². The summed E-state index contributed by atoms with van der Waals surface area (Å²) in [6.45, 7) is 2.47. The predicted molar refractivity (Wildman–Crippen MR) is 76.1 cm³/mol. The van der Waals surface area contributed by atoms with Crippen LogP contribution in [0.5, 0.6) is 0 Å². The van der Waals surface area contributed by atoms with Crippen LogP contribution in [0.15, 0.2) is 24.3 Å². The molecular formula is C11H14I2. The van der Waals surface area contributed by atoms with Gasteiger partial charge in [0.05, 0.1) is 0 Å². The van der Waals surface area contributed by atoms with Gasteiger partial charge in [-0.3, -0.25) is 0 Å². The number of alkyl halides is 2. The first-order valence-corrected chi connectivity index (χ1v) is 14.0. The normalized spacial score (nSPS) is 27.2. The summed E-state index contributed by atoms with van der Waals surface area (Å²) < 4.78 is 0.571. The Morgan fingerprint density at radius 3 is 2.77 bits per heavy atom. The molecule has 0 spiro atoms. The van der Waals surface area contributed by atoms with Crippen LogP contribution < -0.4 is 0 Å². The Kier molecular flexibility index (Phi) is 2.89.